The molecule has 0 bridgehead atoms. The Balaban J connectivity index is 2.21. The van der Waals surface area contributed by atoms with E-state index in [2.05, 4.69) is 105 Å². The van der Waals surface area contributed by atoms with E-state index >= 15 is 0 Å². The van der Waals surface area contributed by atoms with Crippen molar-refractivity contribution in [2.75, 3.05) is 27.6 Å². The van der Waals surface area contributed by atoms with Gasteiger partial charge in [-0.1, -0.05) is 90.2 Å². The molecule has 0 aromatic carbocycles. The lowest BCUT2D eigenvalue weighted by atomic mass is 9.97. The van der Waals surface area contributed by atoms with Crippen molar-refractivity contribution in [1.82, 2.24) is 4.98 Å². The van der Waals surface area contributed by atoms with Gasteiger partial charge in [-0.3, -0.25) is 0 Å². The highest BCUT2D eigenvalue weighted by atomic mass is 28.4. The molecular formula is C36H61NO5Si2. The number of hydrogen-bond donors (Lipinski definition) is 0. The average molecular weight is 644 g/mol. The maximum atomic E-state index is 7.04. The van der Waals surface area contributed by atoms with Crippen LogP contribution >= 0.6 is 0 Å². The van der Waals surface area contributed by atoms with E-state index in [-0.39, 0.29) is 12.9 Å². The molecule has 6 nitrogen and oxygen atoms in total. The van der Waals surface area contributed by atoms with Crippen molar-refractivity contribution < 1.29 is 23.4 Å². The fraction of sp³-hybridized carbons (Fsp3) is 0.639. The van der Waals surface area contributed by atoms with Gasteiger partial charge in [-0.15, -0.1) is 0 Å². The molecule has 2 atom stereocenters. The fourth-order valence-corrected chi connectivity index (χ4v) is 12.2. The summed E-state index contributed by atoms with van der Waals surface area (Å²) in [5.74, 6) is 1.94. The van der Waals surface area contributed by atoms with Crippen molar-refractivity contribution in [3.05, 3.63) is 58.0 Å². The Kier molecular flexibility index (Phi) is 14.7. The zero-order chi connectivity index (χ0) is 33.2. The molecule has 0 saturated carbocycles. The molecular weight excluding hydrogens is 583 g/mol. The summed E-state index contributed by atoms with van der Waals surface area (Å²) in [6.45, 7) is 28.1. The normalized spacial score (nSPS) is 20.4. The molecule has 0 spiro atoms. The quantitative estimate of drug-likeness (QED) is 0.0774. The summed E-state index contributed by atoms with van der Waals surface area (Å²) in [6.07, 6.45) is 13.1. The minimum Gasteiger partial charge on any atom is -0.489 e. The molecule has 1 aromatic heterocycles. The second-order valence-corrected chi connectivity index (χ2v) is 24.3. The number of aromatic nitrogens is 1. The Labute approximate surface area is 271 Å². The van der Waals surface area contributed by atoms with Crippen LogP contribution in [0.1, 0.15) is 73.1 Å². The Bertz CT molecular complexity index is 1200. The molecule has 1 aliphatic rings. The topological polar surface area (TPSA) is 59.0 Å². The molecule has 2 heterocycles. The average Bonchev–Trinajstić information content (AvgIpc) is 3.27. The highest BCUT2D eigenvalue weighted by molar-refractivity contribution is 6.84. The maximum absolute atomic E-state index is 7.04. The van der Waals surface area contributed by atoms with Crippen molar-refractivity contribution in [2.24, 2.45) is 5.92 Å². The van der Waals surface area contributed by atoms with Gasteiger partial charge in [-0.05, 0) is 62.0 Å². The summed E-state index contributed by atoms with van der Waals surface area (Å²) in [6, 6.07) is 1.09. The molecule has 2 rings (SSSR count). The van der Waals surface area contributed by atoms with Gasteiger partial charge in [-0.2, -0.15) is 0 Å². The Morgan fingerprint density at radius 3 is 2.25 bits per heavy atom. The predicted molar refractivity (Wildman–Crippen MR) is 190 cm³/mol. The molecule has 0 unspecified atom stereocenters. The summed E-state index contributed by atoms with van der Waals surface area (Å²) in [5, 5.41) is 1.54. The van der Waals surface area contributed by atoms with E-state index in [9.17, 15) is 0 Å². The van der Waals surface area contributed by atoms with Gasteiger partial charge in [0.2, 0.25) is 14.1 Å². The van der Waals surface area contributed by atoms with Crippen molar-refractivity contribution in [3.8, 4) is 17.4 Å². The van der Waals surface area contributed by atoms with E-state index in [1.807, 2.05) is 6.92 Å². The van der Waals surface area contributed by atoms with Crippen molar-refractivity contribution in [2.45, 2.75) is 118 Å². The van der Waals surface area contributed by atoms with Crippen LogP contribution in [0, 0.1) is 12.8 Å². The zero-order valence-corrected chi connectivity index (χ0v) is 32.2. The first-order chi connectivity index (χ1) is 20.6. The van der Waals surface area contributed by atoms with Crippen LogP contribution in [0.15, 0.2) is 46.7 Å². The minimum atomic E-state index is -2.11. The van der Waals surface area contributed by atoms with Crippen molar-refractivity contribution in [3.63, 3.8) is 0 Å². The lowest BCUT2D eigenvalue weighted by Crippen LogP contribution is -2.44. The minimum absolute atomic E-state index is 0.167. The van der Waals surface area contributed by atoms with E-state index in [4.69, 9.17) is 28.4 Å². The summed E-state index contributed by atoms with van der Waals surface area (Å²) in [7, 11) is -0.0542. The first-order valence-corrected chi connectivity index (χ1v) is 22.1. The molecule has 1 aromatic rings. The second kappa shape index (κ2) is 17.0. The van der Waals surface area contributed by atoms with Crippen molar-refractivity contribution >= 4 is 16.4 Å². The summed E-state index contributed by atoms with van der Waals surface area (Å²) in [4.78, 5) is 4.76. The molecule has 0 amide bonds. The molecule has 1 saturated heterocycles. The van der Waals surface area contributed by atoms with Crippen LogP contribution in [-0.4, -0.2) is 55.1 Å². The summed E-state index contributed by atoms with van der Waals surface area (Å²) >= 11 is 0. The van der Waals surface area contributed by atoms with Gasteiger partial charge in [0.05, 0.1) is 26.0 Å². The molecule has 44 heavy (non-hydrogen) atoms. The van der Waals surface area contributed by atoms with Gasteiger partial charge in [-0.25, -0.2) is 4.98 Å². The summed E-state index contributed by atoms with van der Waals surface area (Å²) in [5.41, 5.74) is 5.49. The Morgan fingerprint density at radius 1 is 1.05 bits per heavy atom. The van der Waals surface area contributed by atoms with Gasteiger partial charge in [0.25, 0.3) is 5.88 Å². The van der Waals surface area contributed by atoms with Gasteiger partial charge in [0.15, 0.2) is 12.5 Å². The number of ether oxygens (including phenoxy) is 4. The van der Waals surface area contributed by atoms with Crippen LogP contribution in [0.3, 0.4) is 0 Å². The van der Waals surface area contributed by atoms with Gasteiger partial charge >= 0.3 is 0 Å². The molecule has 0 radical (unpaired) electrons. The Morgan fingerprint density at radius 2 is 1.70 bits per heavy atom. The number of rotatable bonds is 16. The third-order valence-electron chi connectivity index (χ3n) is 8.92. The molecule has 8 heteroatoms. The van der Waals surface area contributed by atoms with Crippen molar-refractivity contribution in [1.29, 1.82) is 0 Å². The number of methoxy groups -OCH3 is 2. The monoisotopic (exact) mass is 643 g/mol. The predicted octanol–water partition coefficient (Wildman–Crippen LogP) is 9.77. The van der Waals surface area contributed by atoms with Gasteiger partial charge in [0, 0.05) is 32.6 Å². The SMILES string of the molecule is C/C=C(\C)[C@@H]1O[Si](C(C)C)(C(C)C)/C(=C/C=C/C/C(C)=C/Cc2nc(OC)c(OC)c(OCOCC[Si](C)(C)C)c2C)[C@H]1C. The highest BCUT2D eigenvalue weighted by Crippen LogP contribution is 2.51. The van der Waals surface area contributed by atoms with E-state index < -0.39 is 16.4 Å². The second-order valence-electron chi connectivity index (χ2n) is 14.0. The lowest BCUT2D eigenvalue weighted by molar-refractivity contribution is 0.0197. The number of pyridine rings is 1. The standard InChI is InChI=1S/C36H61NO5Si2/c1-15-28(7)33-30(9)32(44(42-33,25(2)3)26(4)5)19-17-16-18-27(6)20-21-31-29(8)34(35(38-10)36(37-31)39-11)41-24-40-22-23-43(12,13)14/h15-17,19-20,25-26,30,33H,18,21-24H2,1-14H3/b17-16+,27-20+,28-15+,32-19+/t30-,33+/m1/s1. The van der Waals surface area contributed by atoms with Gasteiger partial charge < -0.3 is 23.4 Å². The smallest absolute Gasteiger partial charge is 0.261 e. The van der Waals surface area contributed by atoms with Crippen LogP contribution in [0.25, 0.3) is 0 Å². The Hall–Kier alpha value is -2.14. The first kappa shape index (κ1) is 38.0. The van der Waals surface area contributed by atoms with E-state index in [0.29, 0.717) is 47.4 Å². The molecule has 248 valence electrons. The van der Waals surface area contributed by atoms with E-state index in [0.717, 1.165) is 23.7 Å². The number of hydrogen-bond acceptors (Lipinski definition) is 6. The number of nitrogens with zero attached hydrogens (tertiary/aromatic N) is 1. The molecule has 0 N–H and O–H groups in total. The van der Waals surface area contributed by atoms with Crippen LogP contribution in [-0.2, 0) is 15.6 Å². The number of allylic oxidation sites excluding steroid dienone is 6. The molecule has 1 fully saturated rings. The summed E-state index contributed by atoms with van der Waals surface area (Å²) < 4.78 is 30.1. The van der Waals surface area contributed by atoms with Crippen LogP contribution in [0.2, 0.25) is 36.8 Å². The lowest BCUT2D eigenvalue weighted by Gasteiger charge is -2.36. The van der Waals surface area contributed by atoms with E-state index in [1.165, 1.54) is 16.3 Å². The zero-order valence-electron chi connectivity index (χ0n) is 30.2. The largest absolute Gasteiger partial charge is 0.489 e. The third kappa shape index (κ3) is 9.44. The highest BCUT2D eigenvalue weighted by Gasteiger charge is 2.55. The molecule has 1 aliphatic heterocycles. The molecule has 0 aliphatic carbocycles. The van der Waals surface area contributed by atoms with Crippen LogP contribution in [0.5, 0.6) is 17.4 Å². The van der Waals surface area contributed by atoms with Crippen LogP contribution < -0.4 is 14.2 Å². The fourth-order valence-electron chi connectivity index (χ4n) is 6.10. The maximum Gasteiger partial charge on any atom is 0.261 e. The first-order valence-electron chi connectivity index (χ1n) is 16.3. The van der Waals surface area contributed by atoms with E-state index in [1.54, 1.807) is 14.2 Å². The van der Waals surface area contributed by atoms with Crippen LogP contribution in [0.4, 0.5) is 0 Å². The van der Waals surface area contributed by atoms with Gasteiger partial charge in [0.1, 0.15) is 0 Å². The third-order valence-corrected chi connectivity index (χ3v) is 16.2.